The van der Waals surface area contributed by atoms with Crippen molar-refractivity contribution in [3.63, 3.8) is 0 Å². The molecule has 0 aliphatic carbocycles. The van der Waals surface area contributed by atoms with E-state index in [-0.39, 0.29) is 24.7 Å². The van der Waals surface area contributed by atoms with Crippen LogP contribution in [0.1, 0.15) is 11.1 Å². The van der Waals surface area contributed by atoms with E-state index in [2.05, 4.69) is 4.98 Å². The number of hydrogen-bond donors (Lipinski definition) is 0. The number of likely N-dealkylation sites (N-methyl/N-ethyl adjacent to an activating group) is 1. The highest BCUT2D eigenvalue weighted by molar-refractivity contribution is 5.87. The highest BCUT2D eigenvalue weighted by atomic mass is 19.1. The summed E-state index contributed by atoms with van der Waals surface area (Å²) in [5.41, 5.74) is 2.23. The first-order chi connectivity index (χ1) is 11.1. The molecule has 0 radical (unpaired) electrons. The Morgan fingerprint density at radius 1 is 1.04 bits per heavy atom. The molecule has 116 valence electrons. The topological polar surface area (TPSA) is 33.2 Å². The first kappa shape index (κ1) is 15.2. The molecule has 2 aromatic carbocycles. The molecule has 0 spiro atoms. The van der Waals surface area contributed by atoms with E-state index >= 15 is 0 Å². The SMILES string of the molecule is CN(Cc1ccccc1F)C(=O)Cc1cccc2cccnc12. The molecule has 1 aromatic heterocycles. The van der Waals surface area contributed by atoms with E-state index in [1.54, 1.807) is 36.3 Å². The van der Waals surface area contributed by atoms with Gasteiger partial charge in [0.15, 0.2) is 0 Å². The van der Waals surface area contributed by atoms with Crippen LogP contribution in [0.15, 0.2) is 60.8 Å². The maximum absolute atomic E-state index is 13.7. The number of aromatic nitrogens is 1. The molecule has 1 amide bonds. The van der Waals surface area contributed by atoms with Gasteiger partial charge in [0.05, 0.1) is 11.9 Å². The molecular formula is C19H17FN2O. The van der Waals surface area contributed by atoms with Gasteiger partial charge in [0.25, 0.3) is 0 Å². The summed E-state index contributed by atoms with van der Waals surface area (Å²) in [5.74, 6) is -0.356. The largest absolute Gasteiger partial charge is 0.341 e. The standard InChI is InChI=1S/C19H17FN2O/c1-22(13-16-6-2-3-10-17(16)20)18(23)12-15-8-4-7-14-9-5-11-21-19(14)15/h2-11H,12-13H2,1H3. The molecule has 23 heavy (non-hydrogen) atoms. The average Bonchev–Trinajstić information content (AvgIpc) is 2.57. The zero-order valence-electron chi connectivity index (χ0n) is 12.9. The van der Waals surface area contributed by atoms with E-state index in [9.17, 15) is 9.18 Å². The van der Waals surface area contributed by atoms with E-state index in [0.29, 0.717) is 5.56 Å². The Labute approximate surface area is 134 Å². The Balaban J connectivity index is 1.77. The Morgan fingerprint density at radius 2 is 1.78 bits per heavy atom. The molecule has 0 N–H and O–H groups in total. The van der Waals surface area contributed by atoms with Crippen LogP contribution < -0.4 is 0 Å². The van der Waals surface area contributed by atoms with Crippen LogP contribution in [0.25, 0.3) is 10.9 Å². The minimum absolute atomic E-state index is 0.0635. The predicted molar refractivity (Wildman–Crippen MR) is 88.3 cm³/mol. The molecule has 0 saturated heterocycles. The highest BCUT2D eigenvalue weighted by Crippen LogP contribution is 2.17. The number of carbonyl (C=O) groups excluding carboxylic acids is 1. The zero-order valence-corrected chi connectivity index (χ0v) is 12.9. The minimum Gasteiger partial charge on any atom is -0.341 e. The molecule has 4 heteroatoms. The van der Waals surface area contributed by atoms with Gasteiger partial charge in [-0.05, 0) is 17.7 Å². The van der Waals surface area contributed by atoms with Crippen LogP contribution in [0.3, 0.4) is 0 Å². The highest BCUT2D eigenvalue weighted by Gasteiger charge is 2.14. The summed E-state index contributed by atoms with van der Waals surface area (Å²) in [7, 11) is 1.69. The first-order valence-corrected chi connectivity index (χ1v) is 7.45. The lowest BCUT2D eigenvalue weighted by molar-refractivity contribution is -0.129. The number of fused-ring (bicyclic) bond motifs is 1. The number of carbonyl (C=O) groups is 1. The van der Waals surface area contributed by atoms with Crippen molar-refractivity contribution in [3.8, 4) is 0 Å². The number of rotatable bonds is 4. The number of pyridine rings is 1. The van der Waals surface area contributed by atoms with E-state index in [1.807, 2.05) is 30.3 Å². The van der Waals surface area contributed by atoms with Crippen LogP contribution in [-0.2, 0) is 17.8 Å². The molecule has 3 aromatic rings. The number of hydrogen-bond acceptors (Lipinski definition) is 2. The molecule has 0 bridgehead atoms. The maximum Gasteiger partial charge on any atom is 0.227 e. The van der Waals surface area contributed by atoms with Gasteiger partial charge < -0.3 is 4.90 Å². The second-order valence-electron chi connectivity index (χ2n) is 5.51. The van der Waals surface area contributed by atoms with Crippen LogP contribution in [0.2, 0.25) is 0 Å². The Bertz CT molecular complexity index is 842. The third kappa shape index (κ3) is 3.37. The molecular weight excluding hydrogens is 291 g/mol. The van der Waals surface area contributed by atoms with E-state index in [4.69, 9.17) is 0 Å². The third-order valence-electron chi connectivity index (χ3n) is 3.85. The monoisotopic (exact) mass is 308 g/mol. The van der Waals surface area contributed by atoms with Crippen molar-refractivity contribution in [2.24, 2.45) is 0 Å². The maximum atomic E-state index is 13.7. The summed E-state index contributed by atoms with van der Waals surface area (Å²) in [6, 6.07) is 16.2. The minimum atomic E-state index is -0.293. The quantitative estimate of drug-likeness (QED) is 0.738. The second kappa shape index (κ2) is 6.57. The van der Waals surface area contributed by atoms with Gasteiger partial charge >= 0.3 is 0 Å². The summed E-state index contributed by atoms with van der Waals surface area (Å²) in [5, 5.41) is 1.01. The van der Waals surface area contributed by atoms with Crippen molar-refractivity contribution < 1.29 is 9.18 Å². The molecule has 1 heterocycles. The molecule has 0 unspecified atom stereocenters. The molecule has 0 fully saturated rings. The molecule has 0 atom stereocenters. The van der Waals surface area contributed by atoms with Crippen LogP contribution in [0.4, 0.5) is 4.39 Å². The summed E-state index contributed by atoms with van der Waals surface area (Å²) in [6.45, 7) is 0.254. The van der Waals surface area contributed by atoms with Gasteiger partial charge in [0, 0.05) is 30.7 Å². The Morgan fingerprint density at radius 3 is 2.61 bits per heavy atom. The number of nitrogens with zero attached hydrogens (tertiary/aromatic N) is 2. The van der Waals surface area contributed by atoms with E-state index in [1.165, 1.54) is 6.07 Å². The van der Waals surface area contributed by atoms with Crippen molar-refractivity contribution in [1.29, 1.82) is 0 Å². The van der Waals surface area contributed by atoms with Crippen LogP contribution in [0, 0.1) is 5.82 Å². The van der Waals surface area contributed by atoms with Gasteiger partial charge in [-0.2, -0.15) is 0 Å². The normalized spacial score (nSPS) is 10.7. The van der Waals surface area contributed by atoms with Crippen molar-refractivity contribution >= 4 is 16.8 Å². The lowest BCUT2D eigenvalue weighted by Gasteiger charge is -2.18. The smallest absolute Gasteiger partial charge is 0.227 e. The molecule has 0 aliphatic heterocycles. The lowest BCUT2D eigenvalue weighted by atomic mass is 10.1. The number of para-hydroxylation sites is 1. The van der Waals surface area contributed by atoms with Gasteiger partial charge in [-0.25, -0.2) is 4.39 Å². The second-order valence-corrected chi connectivity index (χ2v) is 5.51. The van der Waals surface area contributed by atoms with Gasteiger partial charge in [0.2, 0.25) is 5.91 Å². The number of halogens is 1. The average molecular weight is 308 g/mol. The van der Waals surface area contributed by atoms with Crippen LogP contribution in [0.5, 0.6) is 0 Å². The van der Waals surface area contributed by atoms with Crippen LogP contribution >= 0.6 is 0 Å². The van der Waals surface area contributed by atoms with Gasteiger partial charge in [-0.1, -0.05) is 42.5 Å². The van der Waals surface area contributed by atoms with Crippen molar-refractivity contribution in [3.05, 3.63) is 77.7 Å². The first-order valence-electron chi connectivity index (χ1n) is 7.45. The van der Waals surface area contributed by atoms with Crippen molar-refractivity contribution in [1.82, 2.24) is 9.88 Å². The summed E-state index contributed by atoms with van der Waals surface area (Å²) >= 11 is 0. The van der Waals surface area contributed by atoms with Gasteiger partial charge in [-0.15, -0.1) is 0 Å². The van der Waals surface area contributed by atoms with Crippen LogP contribution in [-0.4, -0.2) is 22.8 Å². The van der Waals surface area contributed by atoms with Crippen molar-refractivity contribution in [2.45, 2.75) is 13.0 Å². The molecule has 3 rings (SSSR count). The van der Waals surface area contributed by atoms with E-state index < -0.39 is 0 Å². The number of amides is 1. The fourth-order valence-corrected chi connectivity index (χ4v) is 2.58. The Hall–Kier alpha value is -2.75. The molecule has 0 saturated carbocycles. The fraction of sp³-hybridized carbons (Fsp3) is 0.158. The fourth-order valence-electron chi connectivity index (χ4n) is 2.58. The van der Waals surface area contributed by atoms with Gasteiger partial charge in [-0.3, -0.25) is 9.78 Å². The predicted octanol–water partition coefficient (Wildman–Crippen LogP) is 3.58. The van der Waals surface area contributed by atoms with Crippen molar-refractivity contribution in [2.75, 3.05) is 7.05 Å². The Kier molecular flexibility index (Phi) is 4.33. The number of benzene rings is 2. The summed E-state index contributed by atoms with van der Waals surface area (Å²) < 4.78 is 13.7. The zero-order chi connectivity index (χ0) is 16.2. The lowest BCUT2D eigenvalue weighted by Crippen LogP contribution is -2.28. The summed E-state index contributed by atoms with van der Waals surface area (Å²) in [4.78, 5) is 18.4. The third-order valence-corrected chi connectivity index (χ3v) is 3.85. The molecule has 3 nitrogen and oxygen atoms in total. The van der Waals surface area contributed by atoms with Gasteiger partial charge in [0.1, 0.15) is 5.82 Å². The van der Waals surface area contributed by atoms with E-state index in [0.717, 1.165) is 16.5 Å². The summed E-state index contributed by atoms with van der Waals surface area (Å²) in [6.07, 6.45) is 1.97. The molecule has 0 aliphatic rings.